The number of hydrogen-bond donors (Lipinski definition) is 3. The molecule has 1 aromatic carbocycles. The predicted octanol–water partition coefficient (Wildman–Crippen LogP) is 5.46. The van der Waals surface area contributed by atoms with Gasteiger partial charge in [0, 0.05) is 34.4 Å². The lowest BCUT2D eigenvalue weighted by molar-refractivity contribution is 0.0772. The van der Waals surface area contributed by atoms with Crippen LogP contribution in [0.1, 0.15) is 44.9 Å². The second kappa shape index (κ2) is 11.8. The Morgan fingerprint density at radius 2 is 2.00 bits per heavy atom. The Kier molecular flexibility index (Phi) is 8.80. The number of aromatic amines is 1. The number of benzene rings is 1. The minimum absolute atomic E-state index is 0.0671. The highest BCUT2D eigenvalue weighted by molar-refractivity contribution is 5.87. The van der Waals surface area contributed by atoms with Crippen LogP contribution in [-0.4, -0.2) is 37.9 Å². The molecule has 0 spiro atoms. The number of nitrogens with one attached hydrogen (secondary N) is 3. The van der Waals surface area contributed by atoms with Crippen molar-refractivity contribution in [1.82, 2.24) is 10.3 Å². The fraction of sp³-hybridized carbons (Fsp3) is 0.462. The topological polar surface area (TPSA) is 58.3 Å². The second-order valence-corrected chi connectivity index (χ2v) is 7.59. The molecule has 2 heterocycles. The van der Waals surface area contributed by atoms with Gasteiger partial charge in [0.2, 0.25) is 0 Å². The van der Waals surface area contributed by atoms with Crippen LogP contribution in [0.4, 0.5) is 5.69 Å². The third-order valence-electron chi connectivity index (χ3n) is 5.46. The standard InChI is InChI=1S/C24H31N3O2.C2H6/c1-3-21-22-10-8-18(15-24(22)27-23(21)6-4-11-25-2)26-17-7-9-19-16-20(14-17)29-13-5-12-28-19;1-2/h7-10,14-16,20,25-27H,3-6,11-13H2,1-2H3;1-2H3. The molecular formula is C26H37N3O2. The highest BCUT2D eigenvalue weighted by Gasteiger charge is 2.14. The van der Waals surface area contributed by atoms with E-state index in [1.54, 1.807) is 0 Å². The Morgan fingerprint density at radius 1 is 1.13 bits per heavy atom. The summed E-state index contributed by atoms with van der Waals surface area (Å²) < 4.78 is 11.7. The van der Waals surface area contributed by atoms with E-state index in [2.05, 4.69) is 52.9 Å². The van der Waals surface area contributed by atoms with Crippen LogP contribution in [0, 0.1) is 0 Å². The zero-order valence-corrected chi connectivity index (χ0v) is 19.4. The zero-order valence-electron chi connectivity index (χ0n) is 19.4. The summed E-state index contributed by atoms with van der Waals surface area (Å²) in [6.45, 7) is 8.68. The maximum absolute atomic E-state index is 5.93. The molecule has 0 saturated carbocycles. The summed E-state index contributed by atoms with van der Waals surface area (Å²) >= 11 is 0. The molecule has 0 saturated heterocycles. The molecule has 0 amide bonds. The van der Waals surface area contributed by atoms with Gasteiger partial charge in [-0.05, 0) is 74.9 Å². The highest BCUT2D eigenvalue weighted by Crippen LogP contribution is 2.28. The lowest BCUT2D eigenvalue weighted by Gasteiger charge is -2.16. The Morgan fingerprint density at radius 3 is 2.81 bits per heavy atom. The van der Waals surface area contributed by atoms with E-state index in [4.69, 9.17) is 9.47 Å². The maximum Gasteiger partial charge on any atom is 0.118 e. The van der Waals surface area contributed by atoms with Crippen molar-refractivity contribution in [3.8, 4) is 0 Å². The Labute approximate surface area is 186 Å². The van der Waals surface area contributed by atoms with Gasteiger partial charge in [0.25, 0.3) is 0 Å². The van der Waals surface area contributed by atoms with Gasteiger partial charge in [0.1, 0.15) is 5.76 Å². The molecule has 1 atom stereocenters. The molecule has 2 aromatic rings. The molecule has 4 rings (SSSR count). The molecule has 1 aromatic heterocycles. The summed E-state index contributed by atoms with van der Waals surface area (Å²) in [7, 11) is 2.01. The molecular weight excluding hydrogens is 386 g/mol. The van der Waals surface area contributed by atoms with E-state index in [1.165, 1.54) is 22.2 Å². The van der Waals surface area contributed by atoms with Crippen LogP contribution in [0.2, 0.25) is 0 Å². The van der Waals surface area contributed by atoms with Crippen LogP contribution in [0.5, 0.6) is 0 Å². The number of aryl methyl sites for hydroxylation is 2. The SMILES string of the molecule is CC.CCc1c(CCCNC)[nH]c2cc(NC3=CC4C=C(C=C3)OCCCO4)ccc12. The summed E-state index contributed by atoms with van der Waals surface area (Å²) in [5.41, 5.74) is 6.08. The Balaban J connectivity index is 0.00000132. The molecule has 3 N–H and O–H groups in total. The Hall–Kier alpha value is -2.50. The van der Waals surface area contributed by atoms with Gasteiger partial charge in [-0.25, -0.2) is 0 Å². The number of allylic oxidation sites excluding steroid dienone is 2. The lowest BCUT2D eigenvalue weighted by Crippen LogP contribution is -2.14. The molecule has 5 nitrogen and oxygen atoms in total. The molecule has 1 aliphatic heterocycles. The number of fused-ring (bicyclic) bond motifs is 2. The fourth-order valence-corrected chi connectivity index (χ4v) is 4.03. The van der Waals surface area contributed by atoms with E-state index in [1.807, 2.05) is 33.0 Å². The van der Waals surface area contributed by atoms with Crippen LogP contribution < -0.4 is 10.6 Å². The van der Waals surface area contributed by atoms with Gasteiger partial charge < -0.3 is 25.1 Å². The van der Waals surface area contributed by atoms with Crippen molar-refractivity contribution in [3.63, 3.8) is 0 Å². The van der Waals surface area contributed by atoms with Gasteiger partial charge >= 0.3 is 0 Å². The third kappa shape index (κ3) is 6.02. The summed E-state index contributed by atoms with van der Waals surface area (Å²) in [5, 5.41) is 8.10. The van der Waals surface area contributed by atoms with Gasteiger partial charge in [-0.3, -0.25) is 0 Å². The van der Waals surface area contributed by atoms with E-state index >= 15 is 0 Å². The first kappa shape index (κ1) is 23.2. The van der Waals surface area contributed by atoms with Gasteiger partial charge in [-0.1, -0.05) is 26.8 Å². The minimum atomic E-state index is -0.0671. The maximum atomic E-state index is 5.93. The third-order valence-corrected chi connectivity index (χ3v) is 5.46. The summed E-state index contributed by atoms with van der Waals surface area (Å²) in [4.78, 5) is 3.66. The number of rotatable bonds is 7. The van der Waals surface area contributed by atoms with Crippen LogP contribution in [0.3, 0.4) is 0 Å². The van der Waals surface area contributed by atoms with Crippen molar-refractivity contribution in [2.24, 2.45) is 0 Å². The molecule has 2 aliphatic rings. The zero-order chi connectivity index (χ0) is 22.1. The molecule has 168 valence electrons. The van der Waals surface area contributed by atoms with E-state index in [0.29, 0.717) is 13.2 Å². The van der Waals surface area contributed by atoms with Crippen LogP contribution in [0.15, 0.2) is 54.0 Å². The molecule has 1 unspecified atom stereocenters. The smallest absolute Gasteiger partial charge is 0.118 e. The van der Waals surface area contributed by atoms with Crippen LogP contribution >= 0.6 is 0 Å². The number of aromatic nitrogens is 1. The summed E-state index contributed by atoms with van der Waals surface area (Å²) in [5.74, 6) is 0.876. The van der Waals surface area contributed by atoms with Crippen molar-refractivity contribution >= 4 is 16.6 Å². The quantitative estimate of drug-likeness (QED) is 0.517. The summed E-state index contributed by atoms with van der Waals surface area (Å²) in [6.07, 6.45) is 12.3. The lowest BCUT2D eigenvalue weighted by atomic mass is 10.1. The number of ether oxygens (including phenoxy) is 2. The van der Waals surface area contributed by atoms with Gasteiger partial charge in [0.15, 0.2) is 0 Å². The van der Waals surface area contributed by atoms with Crippen molar-refractivity contribution in [1.29, 1.82) is 0 Å². The molecule has 0 radical (unpaired) electrons. The Bertz CT molecular complexity index is 940. The number of anilines is 1. The summed E-state index contributed by atoms with van der Waals surface area (Å²) in [6, 6.07) is 6.59. The first-order valence-corrected chi connectivity index (χ1v) is 11.7. The molecule has 5 heteroatoms. The van der Waals surface area contributed by atoms with Gasteiger partial charge in [-0.2, -0.15) is 0 Å². The average Bonchev–Trinajstić information content (AvgIpc) is 2.98. The first-order chi connectivity index (χ1) is 15.3. The van der Waals surface area contributed by atoms with Gasteiger partial charge in [-0.15, -0.1) is 0 Å². The molecule has 1 aliphatic carbocycles. The van der Waals surface area contributed by atoms with Crippen molar-refractivity contribution in [2.75, 3.05) is 32.1 Å². The first-order valence-electron chi connectivity index (χ1n) is 11.7. The monoisotopic (exact) mass is 423 g/mol. The van der Waals surface area contributed by atoms with E-state index < -0.39 is 0 Å². The highest BCUT2D eigenvalue weighted by atomic mass is 16.5. The number of H-pyrrole nitrogens is 1. The van der Waals surface area contributed by atoms with Gasteiger partial charge in [0.05, 0.1) is 19.3 Å². The van der Waals surface area contributed by atoms with E-state index in [9.17, 15) is 0 Å². The second-order valence-electron chi connectivity index (χ2n) is 7.59. The normalized spacial score (nSPS) is 18.0. The van der Waals surface area contributed by atoms with E-state index in [0.717, 1.165) is 49.4 Å². The van der Waals surface area contributed by atoms with Crippen LogP contribution in [0.25, 0.3) is 10.9 Å². The largest absolute Gasteiger partial charge is 0.494 e. The van der Waals surface area contributed by atoms with Crippen molar-refractivity contribution < 1.29 is 9.47 Å². The molecule has 31 heavy (non-hydrogen) atoms. The average molecular weight is 424 g/mol. The van der Waals surface area contributed by atoms with Crippen LogP contribution in [-0.2, 0) is 22.3 Å². The predicted molar refractivity (Wildman–Crippen MR) is 131 cm³/mol. The fourth-order valence-electron chi connectivity index (χ4n) is 4.03. The number of hydrogen-bond acceptors (Lipinski definition) is 4. The minimum Gasteiger partial charge on any atom is -0.494 e. The van der Waals surface area contributed by atoms with E-state index in [-0.39, 0.29) is 6.10 Å². The van der Waals surface area contributed by atoms with Crippen molar-refractivity contribution in [3.05, 3.63) is 65.2 Å². The van der Waals surface area contributed by atoms with Crippen molar-refractivity contribution in [2.45, 2.75) is 52.6 Å². The molecule has 2 bridgehead atoms. The molecule has 0 fully saturated rings.